The van der Waals surface area contributed by atoms with Gasteiger partial charge in [0.15, 0.2) is 0 Å². The number of halogens is 1. The average molecular weight is 367 g/mol. The summed E-state index contributed by atoms with van der Waals surface area (Å²) in [7, 11) is -3.28. The molecule has 0 spiro atoms. The monoisotopic (exact) mass is 367 g/mol. The molecule has 1 aliphatic heterocycles. The van der Waals surface area contributed by atoms with Crippen LogP contribution in [-0.4, -0.2) is 46.8 Å². The zero-order chi connectivity index (χ0) is 18.2. The van der Waals surface area contributed by atoms with Gasteiger partial charge in [-0.15, -0.1) is 0 Å². The Kier molecular flexibility index (Phi) is 4.95. The van der Waals surface area contributed by atoms with E-state index in [9.17, 15) is 17.9 Å². The standard InChI is InChI=1S/C17H22FN3O3S/c1-12-13(4-3-5-15(12)18)9-20-6-7-21-14(10-20)8-16(19-21)17(22)11-25(2,23)24/h3-5,8,17,22H,6-7,9-11H2,1-2H3. The Labute approximate surface area is 146 Å². The van der Waals surface area contributed by atoms with Crippen LogP contribution in [0.3, 0.4) is 0 Å². The Morgan fingerprint density at radius 3 is 2.84 bits per heavy atom. The summed E-state index contributed by atoms with van der Waals surface area (Å²) in [6.07, 6.45) is -0.0260. The topological polar surface area (TPSA) is 75.4 Å². The van der Waals surface area contributed by atoms with Crippen molar-refractivity contribution in [3.8, 4) is 0 Å². The van der Waals surface area contributed by atoms with Gasteiger partial charge in [0.05, 0.1) is 23.7 Å². The lowest BCUT2D eigenvalue weighted by molar-refractivity contribution is 0.191. The van der Waals surface area contributed by atoms with Crippen LogP contribution in [0.5, 0.6) is 0 Å². The van der Waals surface area contributed by atoms with E-state index >= 15 is 0 Å². The first kappa shape index (κ1) is 18.0. The van der Waals surface area contributed by atoms with Crippen molar-refractivity contribution in [1.29, 1.82) is 0 Å². The third-order valence-electron chi connectivity index (χ3n) is 4.47. The van der Waals surface area contributed by atoms with Gasteiger partial charge in [-0.05, 0) is 30.2 Å². The zero-order valence-corrected chi connectivity index (χ0v) is 15.1. The number of rotatable bonds is 5. The Morgan fingerprint density at radius 1 is 1.36 bits per heavy atom. The Morgan fingerprint density at radius 2 is 2.12 bits per heavy atom. The second-order valence-electron chi connectivity index (χ2n) is 6.63. The molecule has 1 unspecified atom stereocenters. The average Bonchev–Trinajstić information content (AvgIpc) is 2.94. The number of nitrogens with zero attached hydrogens (tertiary/aromatic N) is 3. The highest BCUT2D eigenvalue weighted by Crippen LogP contribution is 2.22. The van der Waals surface area contributed by atoms with Crippen molar-refractivity contribution in [3.05, 3.63) is 52.6 Å². The quantitative estimate of drug-likeness (QED) is 0.865. The van der Waals surface area contributed by atoms with E-state index in [0.717, 1.165) is 24.1 Å². The molecule has 1 aliphatic rings. The molecule has 0 saturated carbocycles. The Balaban J connectivity index is 1.72. The Bertz CT molecular complexity index is 879. The summed E-state index contributed by atoms with van der Waals surface area (Å²) in [6.45, 7) is 4.44. The molecule has 6 nitrogen and oxygen atoms in total. The molecular weight excluding hydrogens is 345 g/mol. The van der Waals surface area contributed by atoms with Crippen molar-refractivity contribution in [2.45, 2.75) is 32.7 Å². The first-order valence-corrected chi connectivity index (χ1v) is 10.2. The van der Waals surface area contributed by atoms with Crippen LogP contribution >= 0.6 is 0 Å². The molecule has 136 valence electrons. The molecule has 0 saturated heterocycles. The number of sulfone groups is 1. The van der Waals surface area contributed by atoms with Gasteiger partial charge in [0.2, 0.25) is 0 Å². The van der Waals surface area contributed by atoms with E-state index in [2.05, 4.69) is 10.00 Å². The van der Waals surface area contributed by atoms with E-state index in [1.165, 1.54) is 6.07 Å². The minimum Gasteiger partial charge on any atom is -0.386 e. The van der Waals surface area contributed by atoms with Crippen molar-refractivity contribution in [1.82, 2.24) is 14.7 Å². The summed E-state index contributed by atoms with van der Waals surface area (Å²) in [5.41, 5.74) is 2.91. The minimum absolute atomic E-state index is 0.203. The van der Waals surface area contributed by atoms with Crippen LogP contribution in [0.25, 0.3) is 0 Å². The van der Waals surface area contributed by atoms with E-state index < -0.39 is 15.9 Å². The Hall–Kier alpha value is -1.77. The number of hydrogen-bond acceptors (Lipinski definition) is 5. The molecule has 0 bridgehead atoms. The lowest BCUT2D eigenvalue weighted by Crippen LogP contribution is -2.33. The number of aliphatic hydroxyl groups is 1. The molecule has 2 heterocycles. The fourth-order valence-corrected chi connectivity index (χ4v) is 3.82. The van der Waals surface area contributed by atoms with Gasteiger partial charge in [-0.25, -0.2) is 12.8 Å². The van der Waals surface area contributed by atoms with Crippen LogP contribution < -0.4 is 0 Å². The molecule has 0 fully saturated rings. The van der Waals surface area contributed by atoms with Crippen LogP contribution in [0.1, 0.15) is 28.6 Å². The maximum absolute atomic E-state index is 13.7. The SMILES string of the molecule is Cc1c(F)cccc1CN1CCn2nc(C(O)CS(C)(=O)=O)cc2C1. The molecule has 8 heteroatoms. The lowest BCUT2D eigenvalue weighted by Gasteiger charge is -2.28. The van der Waals surface area contributed by atoms with Crippen molar-refractivity contribution >= 4 is 9.84 Å². The van der Waals surface area contributed by atoms with E-state index in [4.69, 9.17) is 0 Å². The zero-order valence-electron chi connectivity index (χ0n) is 14.3. The third kappa shape index (κ3) is 4.26. The second kappa shape index (κ2) is 6.86. The lowest BCUT2D eigenvalue weighted by atomic mass is 10.1. The van der Waals surface area contributed by atoms with E-state index in [0.29, 0.717) is 30.9 Å². The van der Waals surface area contributed by atoms with E-state index in [1.54, 1.807) is 23.7 Å². The van der Waals surface area contributed by atoms with Crippen molar-refractivity contribution < 1.29 is 17.9 Å². The number of aromatic nitrogens is 2. The van der Waals surface area contributed by atoms with Gasteiger partial charge in [0.1, 0.15) is 21.8 Å². The van der Waals surface area contributed by atoms with Gasteiger partial charge in [0.25, 0.3) is 0 Å². The molecule has 3 rings (SSSR count). The molecule has 0 radical (unpaired) electrons. The van der Waals surface area contributed by atoms with E-state index in [1.807, 2.05) is 6.07 Å². The first-order valence-electron chi connectivity index (χ1n) is 8.11. The van der Waals surface area contributed by atoms with Crippen molar-refractivity contribution in [2.75, 3.05) is 18.6 Å². The van der Waals surface area contributed by atoms with Crippen LogP contribution in [0.4, 0.5) is 4.39 Å². The van der Waals surface area contributed by atoms with E-state index in [-0.39, 0.29) is 11.6 Å². The summed E-state index contributed by atoms with van der Waals surface area (Å²) >= 11 is 0. The normalized spacial score (nSPS) is 16.6. The van der Waals surface area contributed by atoms with Crippen LogP contribution in [0.15, 0.2) is 24.3 Å². The fraction of sp³-hybridized carbons (Fsp3) is 0.471. The molecule has 1 aromatic carbocycles. The maximum atomic E-state index is 13.7. The number of aliphatic hydroxyl groups excluding tert-OH is 1. The highest BCUT2D eigenvalue weighted by Gasteiger charge is 2.23. The largest absolute Gasteiger partial charge is 0.386 e. The molecule has 2 aromatic rings. The third-order valence-corrected chi connectivity index (χ3v) is 5.39. The van der Waals surface area contributed by atoms with Gasteiger partial charge in [-0.3, -0.25) is 9.58 Å². The summed E-state index contributed by atoms with van der Waals surface area (Å²) in [6, 6.07) is 6.84. The van der Waals surface area contributed by atoms with Crippen LogP contribution in [0.2, 0.25) is 0 Å². The van der Waals surface area contributed by atoms with Gasteiger partial charge in [-0.2, -0.15) is 5.10 Å². The number of benzene rings is 1. The number of fused-ring (bicyclic) bond motifs is 1. The summed E-state index contributed by atoms with van der Waals surface area (Å²) < 4.78 is 38.2. The molecule has 1 N–H and O–H groups in total. The van der Waals surface area contributed by atoms with Crippen LogP contribution in [-0.2, 0) is 29.5 Å². The molecule has 0 amide bonds. The summed E-state index contributed by atoms with van der Waals surface area (Å²) in [5.74, 6) is -0.541. The van der Waals surface area contributed by atoms with Crippen LogP contribution in [0, 0.1) is 12.7 Å². The van der Waals surface area contributed by atoms with Gasteiger partial charge < -0.3 is 5.11 Å². The minimum atomic E-state index is -3.28. The summed E-state index contributed by atoms with van der Waals surface area (Å²) in [4.78, 5) is 2.19. The second-order valence-corrected chi connectivity index (χ2v) is 8.81. The summed E-state index contributed by atoms with van der Waals surface area (Å²) in [5, 5.41) is 14.4. The molecule has 1 aromatic heterocycles. The molecule has 25 heavy (non-hydrogen) atoms. The highest BCUT2D eigenvalue weighted by molar-refractivity contribution is 7.90. The van der Waals surface area contributed by atoms with Gasteiger partial charge in [-0.1, -0.05) is 12.1 Å². The highest BCUT2D eigenvalue weighted by atomic mass is 32.2. The fourth-order valence-electron chi connectivity index (χ4n) is 3.08. The molecular formula is C17H22FN3O3S. The van der Waals surface area contributed by atoms with Gasteiger partial charge in [0, 0.05) is 25.9 Å². The van der Waals surface area contributed by atoms with Gasteiger partial charge >= 0.3 is 0 Å². The maximum Gasteiger partial charge on any atom is 0.150 e. The van der Waals surface area contributed by atoms with Crippen molar-refractivity contribution in [2.24, 2.45) is 0 Å². The first-order chi connectivity index (χ1) is 11.7. The predicted octanol–water partition coefficient (Wildman–Crippen LogP) is 1.42. The molecule has 1 atom stereocenters. The predicted molar refractivity (Wildman–Crippen MR) is 92.1 cm³/mol. The van der Waals surface area contributed by atoms with Crippen molar-refractivity contribution in [3.63, 3.8) is 0 Å². The molecule has 0 aliphatic carbocycles. The smallest absolute Gasteiger partial charge is 0.150 e. The number of hydrogen-bond donors (Lipinski definition) is 1.